The smallest absolute Gasteiger partial charge is 0.295 e. The molecule has 0 amide bonds. The quantitative estimate of drug-likeness (QED) is 0.497. The van der Waals surface area contributed by atoms with Crippen LogP contribution in [0.4, 0.5) is 0 Å². The lowest BCUT2D eigenvalue weighted by Gasteiger charge is -2.03. The maximum absolute atomic E-state index is 9.29. The largest absolute Gasteiger partial charge is 0.507 e. The van der Waals surface area contributed by atoms with E-state index in [9.17, 15) is 10.2 Å². The minimum Gasteiger partial charge on any atom is -0.507 e. The highest BCUT2D eigenvalue weighted by Gasteiger charge is 2.46. The van der Waals surface area contributed by atoms with Crippen molar-refractivity contribution in [1.29, 1.82) is 0 Å². The molecule has 1 saturated heterocycles. The first-order chi connectivity index (χ1) is 5.22. The first-order valence-electron chi connectivity index (χ1n) is 3.18. The lowest BCUT2D eigenvalue weighted by atomic mass is 10.1. The molecule has 0 spiro atoms. The SMILES string of the molecule is Oc1ccccc1C1(O)NO1. The first kappa shape index (κ1) is 6.60. The Morgan fingerprint density at radius 3 is 2.55 bits per heavy atom. The van der Waals surface area contributed by atoms with E-state index in [1.807, 2.05) is 0 Å². The molecule has 1 aromatic rings. The van der Waals surface area contributed by atoms with Gasteiger partial charge in [-0.15, -0.1) is 5.48 Å². The Hall–Kier alpha value is -1.10. The summed E-state index contributed by atoms with van der Waals surface area (Å²) in [6.07, 6.45) is 0. The van der Waals surface area contributed by atoms with Crippen molar-refractivity contribution in [2.45, 2.75) is 5.91 Å². The van der Waals surface area contributed by atoms with Crippen molar-refractivity contribution in [3.8, 4) is 5.75 Å². The molecule has 0 radical (unpaired) electrons. The molecule has 2 rings (SSSR count). The number of nitrogens with one attached hydrogen (secondary N) is 1. The Bertz CT molecular complexity index is 283. The second-order valence-electron chi connectivity index (χ2n) is 2.37. The Morgan fingerprint density at radius 2 is 2.00 bits per heavy atom. The summed E-state index contributed by atoms with van der Waals surface area (Å²) in [5.74, 6) is -1.45. The molecule has 0 saturated carbocycles. The molecular formula is C7H7NO3. The monoisotopic (exact) mass is 153 g/mol. The van der Waals surface area contributed by atoms with Gasteiger partial charge < -0.3 is 10.2 Å². The summed E-state index contributed by atoms with van der Waals surface area (Å²) in [4.78, 5) is 4.51. The van der Waals surface area contributed by atoms with Crippen molar-refractivity contribution in [3.05, 3.63) is 29.8 Å². The molecule has 1 unspecified atom stereocenters. The van der Waals surface area contributed by atoms with Crippen molar-refractivity contribution in [2.75, 3.05) is 0 Å². The number of aromatic hydroxyl groups is 1. The van der Waals surface area contributed by atoms with E-state index in [-0.39, 0.29) is 5.75 Å². The van der Waals surface area contributed by atoms with Gasteiger partial charge in [0, 0.05) is 0 Å². The number of phenolic OH excluding ortho intramolecular Hbond substituents is 1. The Balaban J connectivity index is 2.45. The van der Waals surface area contributed by atoms with E-state index in [1.165, 1.54) is 6.07 Å². The highest BCUT2D eigenvalue weighted by atomic mass is 16.9. The van der Waals surface area contributed by atoms with Gasteiger partial charge in [-0.25, -0.2) is 4.84 Å². The Morgan fingerprint density at radius 1 is 1.36 bits per heavy atom. The molecule has 1 aliphatic heterocycles. The van der Waals surface area contributed by atoms with Gasteiger partial charge in [0.1, 0.15) is 5.75 Å². The molecule has 3 N–H and O–H groups in total. The van der Waals surface area contributed by atoms with Crippen molar-refractivity contribution in [1.82, 2.24) is 5.48 Å². The van der Waals surface area contributed by atoms with Crippen LogP contribution < -0.4 is 5.48 Å². The molecule has 1 atom stereocenters. The van der Waals surface area contributed by atoms with E-state index in [0.717, 1.165) is 0 Å². The fourth-order valence-electron chi connectivity index (χ4n) is 0.918. The van der Waals surface area contributed by atoms with Crippen LogP contribution in [-0.4, -0.2) is 10.2 Å². The lowest BCUT2D eigenvalue weighted by molar-refractivity contribution is 0.0312. The van der Waals surface area contributed by atoms with Crippen LogP contribution in [-0.2, 0) is 10.7 Å². The molecule has 0 bridgehead atoms. The highest BCUT2D eigenvalue weighted by Crippen LogP contribution is 2.34. The zero-order chi connectivity index (χ0) is 7.90. The molecule has 1 heterocycles. The number of benzene rings is 1. The summed E-state index contributed by atoms with van der Waals surface area (Å²) in [5.41, 5.74) is 2.60. The lowest BCUT2D eigenvalue weighted by Crippen LogP contribution is -2.10. The van der Waals surface area contributed by atoms with Crippen LogP contribution in [0.1, 0.15) is 5.56 Å². The van der Waals surface area contributed by atoms with Gasteiger partial charge in [0.2, 0.25) is 0 Å². The normalized spacial score (nSPS) is 28.5. The van der Waals surface area contributed by atoms with Gasteiger partial charge in [0.25, 0.3) is 5.91 Å². The van der Waals surface area contributed by atoms with Crippen LogP contribution in [0.25, 0.3) is 0 Å². The summed E-state index contributed by atoms with van der Waals surface area (Å²) >= 11 is 0. The minimum absolute atomic E-state index is 0.0139. The first-order valence-corrected chi connectivity index (χ1v) is 3.18. The number of hydrogen-bond acceptors (Lipinski definition) is 4. The summed E-state index contributed by atoms with van der Waals surface area (Å²) in [5, 5.41) is 18.5. The molecule has 1 aromatic carbocycles. The van der Waals surface area contributed by atoms with Gasteiger partial charge in [0.05, 0.1) is 5.56 Å². The van der Waals surface area contributed by atoms with Crippen molar-refractivity contribution >= 4 is 0 Å². The molecular weight excluding hydrogens is 146 g/mol. The third-order valence-electron chi connectivity index (χ3n) is 1.56. The van der Waals surface area contributed by atoms with Crippen LogP contribution in [0.5, 0.6) is 5.75 Å². The summed E-state index contributed by atoms with van der Waals surface area (Å²) < 4.78 is 0. The Labute approximate surface area is 63.0 Å². The van der Waals surface area contributed by atoms with Crippen LogP contribution >= 0.6 is 0 Å². The highest BCUT2D eigenvalue weighted by molar-refractivity contribution is 5.35. The van der Waals surface area contributed by atoms with E-state index in [4.69, 9.17) is 0 Å². The second kappa shape index (κ2) is 1.94. The number of hydroxylamine groups is 1. The van der Waals surface area contributed by atoms with E-state index in [1.54, 1.807) is 18.2 Å². The van der Waals surface area contributed by atoms with Crippen molar-refractivity contribution in [3.63, 3.8) is 0 Å². The standard InChI is InChI=1S/C7H7NO3/c9-6-4-2-1-3-5(6)7(10)8-11-7/h1-4,8-10H. The van der Waals surface area contributed by atoms with Crippen LogP contribution in [0.3, 0.4) is 0 Å². The minimum atomic E-state index is -1.47. The average Bonchev–Trinajstić information content (AvgIpc) is 2.70. The molecule has 0 aliphatic carbocycles. The maximum atomic E-state index is 9.29. The molecule has 1 fully saturated rings. The zero-order valence-corrected chi connectivity index (χ0v) is 5.61. The summed E-state index contributed by atoms with van der Waals surface area (Å²) in [7, 11) is 0. The third kappa shape index (κ3) is 0.970. The third-order valence-corrected chi connectivity index (χ3v) is 1.56. The average molecular weight is 153 g/mol. The molecule has 4 nitrogen and oxygen atoms in total. The fourth-order valence-corrected chi connectivity index (χ4v) is 0.918. The molecule has 4 heteroatoms. The van der Waals surface area contributed by atoms with Crippen LogP contribution in [0.2, 0.25) is 0 Å². The number of rotatable bonds is 1. The van der Waals surface area contributed by atoms with Gasteiger partial charge >= 0.3 is 0 Å². The zero-order valence-electron chi connectivity index (χ0n) is 5.61. The molecule has 58 valence electrons. The van der Waals surface area contributed by atoms with Crippen molar-refractivity contribution in [2.24, 2.45) is 0 Å². The van der Waals surface area contributed by atoms with E-state index in [2.05, 4.69) is 10.3 Å². The summed E-state index contributed by atoms with van der Waals surface area (Å²) in [6.45, 7) is 0. The van der Waals surface area contributed by atoms with E-state index >= 15 is 0 Å². The van der Waals surface area contributed by atoms with E-state index < -0.39 is 5.91 Å². The van der Waals surface area contributed by atoms with Gasteiger partial charge in [-0.2, -0.15) is 0 Å². The second-order valence-corrected chi connectivity index (χ2v) is 2.37. The van der Waals surface area contributed by atoms with Crippen LogP contribution in [0.15, 0.2) is 24.3 Å². The van der Waals surface area contributed by atoms with Gasteiger partial charge in [-0.3, -0.25) is 0 Å². The predicted molar refractivity (Wildman–Crippen MR) is 36.2 cm³/mol. The number of para-hydroxylation sites is 1. The van der Waals surface area contributed by atoms with Crippen LogP contribution in [0, 0.1) is 0 Å². The number of hydrogen-bond donors (Lipinski definition) is 3. The van der Waals surface area contributed by atoms with Gasteiger partial charge in [0.15, 0.2) is 0 Å². The maximum Gasteiger partial charge on any atom is 0.295 e. The fraction of sp³-hybridized carbons (Fsp3) is 0.143. The topological polar surface area (TPSA) is 74.9 Å². The molecule has 0 aromatic heterocycles. The Kier molecular flexibility index (Phi) is 1.17. The van der Waals surface area contributed by atoms with Gasteiger partial charge in [-0.05, 0) is 12.1 Å². The predicted octanol–water partition coefficient (Wildman–Crippen LogP) is 0.0296. The molecule has 11 heavy (non-hydrogen) atoms. The number of phenols is 1. The summed E-state index contributed by atoms with van der Waals surface area (Å²) in [6, 6.07) is 6.44. The van der Waals surface area contributed by atoms with E-state index in [0.29, 0.717) is 5.56 Å². The van der Waals surface area contributed by atoms with Gasteiger partial charge in [-0.1, -0.05) is 12.1 Å². The molecule has 1 aliphatic rings. The number of aliphatic hydroxyl groups is 1. The van der Waals surface area contributed by atoms with Crippen molar-refractivity contribution < 1.29 is 15.1 Å².